The number of nitrogens with zero attached hydrogens (tertiary/aromatic N) is 3. The maximum absolute atomic E-state index is 8.83. The predicted octanol–water partition coefficient (Wildman–Crippen LogP) is 3.22. The zero-order valence-corrected chi connectivity index (χ0v) is 10.8. The van der Waals surface area contributed by atoms with E-state index in [4.69, 9.17) is 5.26 Å². The lowest BCUT2D eigenvalue weighted by Crippen LogP contribution is -1.90. The Morgan fingerprint density at radius 2 is 2.25 bits per heavy atom. The SMILES string of the molecule is Cc1nsc(Nc2cc(Br)cc(C#N)c2)n1. The van der Waals surface area contributed by atoms with Crippen LogP contribution in [0.25, 0.3) is 0 Å². The summed E-state index contributed by atoms with van der Waals surface area (Å²) in [5.74, 6) is 0.739. The number of rotatable bonds is 2. The third kappa shape index (κ3) is 2.56. The fraction of sp³-hybridized carbons (Fsp3) is 0.100. The smallest absolute Gasteiger partial charge is 0.207 e. The minimum absolute atomic E-state index is 0.595. The van der Waals surface area contributed by atoms with Gasteiger partial charge < -0.3 is 5.32 Å². The number of hydrogen-bond donors (Lipinski definition) is 1. The van der Waals surface area contributed by atoms with Crippen molar-refractivity contribution >= 4 is 38.3 Å². The number of nitrogens with one attached hydrogen (secondary N) is 1. The summed E-state index contributed by atoms with van der Waals surface area (Å²) in [5, 5.41) is 12.7. The first-order valence-corrected chi connectivity index (χ1v) is 6.02. The highest BCUT2D eigenvalue weighted by Crippen LogP contribution is 2.23. The first-order chi connectivity index (χ1) is 7.67. The highest BCUT2D eigenvalue weighted by molar-refractivity contribution is 9.10. The Bertz CT molecular complexity index is 558. The van der Waals surface area contributed by atoms with Gasteiger partial charge in [-0.2, -0.15) is 9.64 Å². The summed E-state index contributed by atoms with van der Waals surface area (Å²) in [4.78, 5) is 4.19. The largest absolute Gasteiger partial charge is 0.330 e. The van der Waals surface area contributed by atoms with Crippen LogP contribution in [0.15, 0.2) is 22.7 Å². The van der Waals surface area contributed by atoms with E-state index in [1.54, 1.807) is 12.1 Å². The Kier molecular flexibility index (Phi) is 3.17. The molecule has 6 heteroatoms. The van der Waals surface area contributed by atoms with Crippen LogP contribution >= 0.6 is 27.5 Å². The molecule has 4 nitrogen and oxygen atoms in total. The van der Waals surface area contributed by atoms with Crippen LogP contribution in [0, 0.1) is 18.3 Å². The van der Waals surface area contributed by atoms with E-state index in [1.165, 1.54) is 11.5 Å². The summed E-state index contributed by atoms with van der Waals surface area (Å²) in [6.45, 7) is 1.84. The molecule has 0 amide bonds. The zero-order valence-electron chi connectivity index (χ0n) is 8.36. The molecule has 2 aromatic rings. The van der Waals surface area contributed by atoms with Gasteiger partial charge in [0.2, 0.25) is 5.13 Å². The second-order valence-corrected chi connectivity index (χ2v) is 4.78. The van der Waals surface area contributed by atoms with Crippen molar-refractivity contribution in [1.82, 2.24) is 9.36 Å². The van der Waals surface area contributed by atoms with Crippen molar-refractivity contribution in [3.63, 3.8) is 0 Å². The van der Waals surface area contributed by atoms with Crippen molar-refractivity contribution < 1.29 is 0 Å². The van der Waals surface area contributed by atoms with Crippen molar-refractivity contribution in [3.8, 4) is 6.07 Å². The summed E-state index contributed by atoms with van der Waals surface area (Å²) in [7, 11) is 0. The maximum atomic E-state index is 8.83. The van der Waals surface area contributed by atoms with Crippen molar-refractivity contribution in [2.45, 2.75) is 6.92 Å². The first-order valence-electron chi connectivity index (χ1n) is 4.45. The monoisotopic (exact) mass is 294 g/mol. The Morgan fingerprint density at radius 3 is 2.88 bits per heavy atom. The summed E-state index contributed by atoms with van der Waals surface area (Å²) in [6.07, 6.45) is 0. The molecule has 1 N–H and O–H groups in total. The molecule has 0 aliphatic carbocycles. The highest BCUT2D eigenvalue weighted by Gasteiger charge is 2.03. The predicted molar refractivity (Wildman–Crippen MR) is 66.8 cm³/mol. The second-order valence-electron chi connectivity index (χ2n) is 3.11. The molecule has 2 rings (SSSR count). The Labute approximate surface area is 105 Å². The van der Waals surface area contributed by atoms with Gasteiger partial charge in [-0.1, -0.05) is 15.9 Å². The molecule has 0 radical (unpaired) electrons. The number of hydrogen-bond acceptors (Lipinski definition) is 5. The molecule has 1 aromatic heterocycles. The number of aryl methyl sites for hydroxylation is 1. The summed E-state index contributed by atoms with van der Waals surface area (Å²) in [5.41, 5.74) is 1.42. The standard InChI is InChI=1S/C10H7BrN4S/c1-6-13-10(16-15-6)14-9-3-7(5-12)2-8(11)4-9/h2-4H,1H3,(H,13,14,15). The molecule has 0 fully saturated rings. The van der Waals surface area contributed by atoms with Crippen LogP contribution < -0.4 is 5.32 Å². The Hall–Kier alpha value is -1.45. The number of anilines is 2. The average Bonchev–Trinajstić information content (AvgIpc) is 2.63. The lowest BCUT2D eigenvalue weighted by atomic mass is 10.2. The van der Waals surface area contributed by atoms with Crippen LogP contribution in [0.5, 0.6) is 0 Å². The van der Waals surface area contributed by atoms with E-state index in [-0.39, 0.29) is 0 Å². The quantitative estimate of drug-likeness (QED) is 0.924. The summed E-state index contributed by atoms with van der Waals surface area (Å²) in [6, 6.07) is 7.51. The Balaban J connectivity index is 2.28. The van der Waals surface area contributed by atoms with Crippen LogP contribution in [0.3, 0.4) is 0 Å². The van der Waals surface area contributed by atoms with Crippen molar-refractivity contribution in [2.75, 3.05) is 5.32 Å². The van der Waals surface area contributed by atoms with Gasteiger partial charge in [0.25, 0.3) is 0 Å². The number of aromatic nitrogens is 2. The van der Waals surface area contributed by atoms with E-state index in [1.807, 2.05) is 13.0 Å². The van der Waals surface area contributed by atoms with E-state index in [2.05, 4.69) is 36.7 Å². The van der Waals surface area contributed by atoms with Gasteiger partial charge in [-0.15, -0.1) is 0 Å². The molecule has 0 saturated carbocycles. The van der Waals surface area contributed by atoms with Gasteiger partial charge >= 0.3 is 0 Å². The highest BCUT2D eigenvalue weighted by atomic mass is 79.9. The number of halogens is 1. The fourth-order valence-corrected chi connectivity index (χ4v) is 2.29. The van der Waals surface area contributed by atoms with E-state index in [0.717, 1.165) is 21.1 Å². The van der Waals surface area contributed by atoms with Crippen LogP contribution in [-0.2, 0) is 0 Å². The molecule has 0 saturated heterocycles. The van der Waals surface area contributed by atoms with Crippen LogP contribution in [-0.4, -0.2) is 9.36 Å². The van der Waals surface area contributed by atoms with E-state index in [0.29, 0.717) is 5.56 Å². The molecule has 0 aliphatic heterocycles. The van der Waals surface area contributed by atoms with Crippen LogP contribution in [0.4, 0.5) is 10.8 Å². The topological polar surface area (TPSA) is 61.6 Å². The fourth-order valence-electron chi connectivity index (χ4n) is 1.20. The molecule has 80 valence electrons. The van der Waals surface area contributed by atoms with Gasteiger partial charge in [0.15, 0.2) is 0 Å². The third-order valence-electron chi connectivity index (χ3n) is 1.81. The molecule has 0 unspecified atom stereocenters. The van der Waals surface area contributed by atoms with Gasteiger partial charge in [-0.05, 0) is 25.1 Å². The molecule has 1 heterocycles. The third-order valence-corrected chi connectivity index (χ3v) is 2.99. The van der Waals surface area contributed by atoms with E-state index >= 15 is 0 Å². The van der Waals surface area contributed by atoms with Crippen LogP contribution in [0.2, 0.25) is 0 Å². The lowest BCUT2D eigenvalue weighted by Gasteiger charge is -2.03. The van der Waals surface area contributed by atoms with E-state index < -0.39 is 0 Å². The van der Waals surface area contributed by atoms with Crippen LogP contribution in [0.1, 0.15) is 11.4 Å². The normalized spacial score (nSPS) is 9.81. The van der Waals surface area contributed by atoms with Crippen molar-refractivity contribution in [1.29, 1.82) is 5.26 Å². The molecule has 16 heavy (non-hydrogen) atoms. The lowest BCUT2D eigenvalue weighted by molar-refractivity contribution is 1.17. The molecule has 1 aromatic carbocycles. The van der Waals surface area contributed by atoms with Crippen molar-refractivity contribution in [3.05, 3.63) is 34.1 Å². The minimum Gasteiger partial charge on any atom is -0.330 e. The van der Waals surface area contributed by atoms with Gasteiger partial charge in [-0.3, -0.25) is 0 Å². The number of nitriles is 1. The van der Waals surface area contributed by atoms with Gasteiger partial charge in [0, 0.05) is 21.7 Å². The van der Waals surface area contributed by atoms with Gasteiger partial charge in [-0.25, -0.2) is 4.98 Å². The number of benzene rings is 1. The van der Waals surface area contributed by atoms with E-state index in [9.17, 15) is 0 Å². The summed E-state index contributed by atoms with van der Waals surface area (Å²) < 4.78 is 4.93. The maximum Gasteiger partial charge on any atom is 0.207 e. The second kappa shape index (κ2) is 4.60. The zero-order chi connectivity index (χ0) is 11.5. The minimum atomic E-state index is 0.595. The van der Waals surface area contributed by atoms with Gasteiger partial charge in [0.05, 0.1) is 11.6 Å². The molecule has 0 spiro atoms. The summed E-state index contributed by atoms with van der Waals surface area (Å²) >= 11 is 4.64. The van der Waals surface area contributed by atoms with Crippen molar-refractivity contribution in [2.24, 2.45) is 0 Å². The Morgan fingerprint density at radius 1 is 1.44 bits per heavy atom. The van der Waals surface area contributed by atoms with Gasteiger partial charge in [0.1, 0.15) is 5.82 Å². The molecule has 0 atom stereocenters. The average molecular weight is 295 g/mol. The molecule has 0 aliphatic rings. The first kappa shape index (κ1) is 11.0. The molecule has 0 bridgehead atoms. The molecular weight excluding hydrogens is 288 g/mol. The molecular formula is C10H7BrN4S.